The number of amides is 2. The van der Waals surface area contributed by atoms with Crippen LogP contribution in [0.25, 0.3) is 0 Å². The molecule has 1 saturated heterocycles. The number of aromatic nitrogens is 2. The highest BCUT2D eigenvalue weighted by Crippen LogP contribution is 2.21. The largest absolute Gasteiger partial charge is 0.481 e. The molecule has 0 aromatic carbocycles. The molecule has 21 heavy (non-hydrogen) atoms. The van der Waals surface area contributed by atoms with Gasteiger partial charge in [-0.05, 0) is 6.92 Å². The predicted octanol–water partition coefficient (Wildman–Crippen LogP) is 0.383. The Morgan fingerprint density at radius 2 is 2.29 bits per heavy atom. The molecule has 2 atom stereocenters. The SMILES string of the molecule is CCN(C(=O)N(C)Cc1cn[nH]c1)C1COCC1C(=O)O. The zero-order valence-corrected chi connectivity index (χ0v) is 12.2. The summed E-state index contributed by atoms with van der Waals surface area (Å²) in [6.07, 6.45) is 3.37. The zero-order valence-electron chi connectivity index (χ0n) is 12.2. The molecule has 8 heteroatoms. The number of aliphatic carboxylic acids is 1. The number of likely N-dealkylation sites (N-methyl/N-ethyl adjacent to an activating group) is 1. The molecule has 1 aliphatic heterocycles. The molecule has 0 radical (unpaired) electrons. The van der Waals surface area contributed by atoms with Crippen molar-refractivity contribution in [1.82, 2.24) is 20.0 Å². The smallest absolute Gasteiger partial charge is 0.320 e. The van der Waals surface area contributed by atoms with Gasteiger partial charge >= 0.3 is 12.0 Å². The first kappa shape index (κ1) is 15.3. The lowest BCUT2D eigenvalue weighted by molar-refractivity contribution is -0.142. The van der Waals surface area contributed by atoms with E-state index in [0.717, 1.165) is 5.56 Å². The van der Waals surface area contributed by atoms with Gasteiger partial charge in [-0.3, -0.25) is 9.89 Å². The number of aromatic amines is 1. The average Bonchev–Trinajstić information content (AvgIpc) is 3.10. The van der Waals surface area contributed by atoms with E-state index in [1.165, 1.54) is 0 Å². The molecule has 2 unspecified atom stereocenters. The van der Waals surface area contributed by atoms with Gasteiger partial charge in [0.05, 0.1) is 32.0 Å². The monoisotopic (exact) mass is 296 g/mol. The Morgan fingerprint density at radius 3 is 2.86 bits per heavy atom. The van der Waals surface area contributed by atoms with Gasteiger partial charge in [0.15, 0.2) is 0 Å². The van der Waals surface area contributed by atoms with Crippen LogP contribution >= 0.6 is 0 Å². The van der Waals surface area contributed by atoms with Gasteiger partial charge in [0.2, 0.25) is 0 Å². The predicted molar refractivity (Wildman–Crippen MR) is 73.6 cm³/mol. The van der Waals surface area contributed by atoms with Crippen molar-refractivity contribution in [1.29, 1.82) is 0 Å². The van der Waals surface area contributed by atoms with Gasteiger partial charge < -0.3 is 19.6 Å². The Hall–Kier alpha value is -2.09. The summed E-state index contributed by atoms with van der Waals surface area (Å²) in [5.41, 5.74) is 0.888. The fourth-order valence-corrected chi connectivity index (χ4v) is 2.52. The van der Waals surface area contributed by atoms with Crippen molar-refractivity contribution in [2.24, 2.45) is 5.92 Å². The number of urea groups is 1. The molecule has 2 rings (SSSR count). The van der Waals surface area contributed by atoms with Crippen LogP contribution in [0.3, 0.4) is 0 Å². The highest BCUT2D eigenvalue weighted by molar-refractivity contribution is 5.77. The summed E-state index contributed by atoms with van der Waals surface area (Å²) in [6.45, 7) is 3.09. The molecule has 1 aliphatic rings. The van der Waals surface area contributed by atoms with Crippen LogP contribution in [0.1, 0.15) is 12.5 Å². The quantitative estimate of drug-likeness (QED) is 0.818. The third-order valence-corrected chi connectivity index (χ3v) is 3.66. The summed E-state index contributed by atoms with van der Waals surface area (Å²) in [5, 5.41) is 15.7. The van der Waals surface area contributed by atoms with E-state index in [2.05, 4.69) is 10.2 Å². The van der Waals surface area contributed by atoms with Crippen LogP contribution in [-0.2, 0) is 16.1 Å². The maximum atomic E-state index is 12.5. The molecule has 2 N–H and O–H groups in total. The number of carbonyl (C=O) groups is 2. The minimum absolute atomic E-state index is 0.148. The van der Waals surface area contributed by atoms with Gasteiger partial charge in [-0.25, -0.2) is 4.79 Å². The number of ether oxygens (including phenoxy) is 1. The summed E-state index contributed by atoms with van der Waals surface area (Å²) < 4.78 is 5.24. The van der Waals surface area contributed by atoms with E-state index < -0.39 is 17.9 Å². The molecular weight excluding hydrogens is 276 g/mol. The molecule has 0 aliphatic carbocycles. The second-order valence-electron chi connectivity index (χ2n) is 5.08. The first-order valence-corrected chi connectivity index (χ1v) is 6.84. The highest BCUT2D eigenvalue weighted by atomic mass is 16.5. The van der Waals surface area contributed by atoms with E-state index >= 15 is 0 Å². The Morgan fingerprint density at radius 1 is 1.52 bits per heavy atom. The standard InChI is InChI=1S/C13H20N4O4/c1-3-17(11-8-21-7-10(11)12(18)19)13(20)16(2)6-9-4-14-15-5-9/h4-5,10-11H,3,6-8H2,1-2H3,(H,14,15)(H,18,19). The normalized spacial score (nSPS) is 21.2. The molecule has 0 saturated carbocycles. The second kappa shape index (κ2) is 6.57. The number of carboxylic acid groups (broad SMARTS) is 1. The molecule has 116 valence electrons. The number of carbonyl (C=O) groups excluding carboxylic acids is 1. The Bertz CT molecular complexity index is 490. The maximum Gasteiger partial charge on any atom is 0.320 e. The van der Waals surface area contributed by atoms with Crippen LogP contribution in [0.15, 0.2) is 12.4 Å². The van der Waals surface area contributed by atoms with Gasteiger partial charge in [-0.15, -0.1) is 0 Å². The second-order valence-corrected chi connectivity index (χ2v) is 5.08. The Kier molecular flexibility index (Phi) is 4.79. The maximum absolute atomic E-state index is 12.5. The van der Waals surface area contributed by atoms with Crippen LogP contribution in [0.4, 0.5) is 4.79 Å². The van der Waals surface area contributed by atoms with E-state index in [1.54, 1.807) is 29.2 Å². The summed E-state index contributed by atoms with van der Waals surface area (Å²) >= 11 is 0. The molecule has 0 bridgehead atoms. The molecule has 2 heterocycles. The van der Waals surface area contributed by atoms with Crippen LogP contribution in [-0.4, -0.2) is 70.0 Å². The van der Waals surface area contributed by atoms with Crippen LogP contribution in [0, 0.1) is 5.92 Å². The minimum atomic E-state index is -0.929. The van der Waals surface area contributed by atoms with Crippen LogP contribution in [0.5, 0.6) is 0 Å². The lowest BCUT2D eigenvalue weighted by atomic mass is 10.0. The number of nitrogens with one attached hydrogen (secondary N) is 1. The molecular formula is C13H20N4O4. The van der Waals surface area contributed by atoms with Crippen molar-refractivity contribution < 1.29 is 19.4 Å². The summed E-state index contributed by atoms with van der Waals surface area (Å²) in [6, 6.07) is -0.632. The lowest BCUT2D eigenvalue weighted by Gasteiger charge is -2.32. The van der Waals surface area contributed by atoms with Crippen molar-refractivity contribution in [3.63, 3.8) is 0 Å². The average molecular weight is 296 g/mol. The van der Waals surface area contributed by atoms with Gasteiger partial charge in [-0.2, -0.15) is 5.10 Å². The number of hydrogen-bond acceptors (Lipinski definition) is 4. The molecule has 1 aromatic heterocycles. The van der Waals surface area contributed by atoms with Gasteiger partial charge in [0.1, 0.15) is 5.92 Å². The lowest BCUT2D eigenvalue weighted by Crippen LogP contribution is -2.50. The third kappa shape index (κ3) is 3.33. The molecule has 1 fully saturated rings. The number of rotatable bonds is 5. The fraction of sp³-hybridized carbons (Fsp3) is 0.615. The van der Waals surface area contributed by atoms with Gasteiger partial charge in [-0.1, -0.05) is 0 Å². The first-order valence-electron chi connectivity index (χ1n) is 6.84. The number of nitrogens with zero attached hydrogens (tertiary/aromatic N) is 3. The van der Waals surface area contributed by atoms with Crippen LogP contribution in [0.2, 0.25) is 0 Å². The summed E-state index contributed by atoms with van der Waals surface area (Å²) in [4.78, 5) is 26.9. The summed E-state index contributed by atoms with van der Waals surface area (Å²) in [7, 11) is 1.68. The van der Waals surface area contributed by atoms with E-state index in [-0.39, 0.29) is 19.2 Å². The van der Waals surface area contributed by atoms with Crippen LogP contribution < -0.4 is 0 Å². The van der Waals surface area contributed by atoms with Gasteiger partial charge in [0.25, 0.3) is 0 Å². The minimum Gasteiger partial charge on any atom is -0.481 e. The number of H-pyrrole nitrogens is 1. The molecule has 0 spiro atoms. The van der Waals surface area contributed by atoms with Crippen molar-refractivity contribution in [3.05, 3.63) is 18.0 Å². The van der Waals surface area contributed by atoms with Crippen molar-refractivity contribution in [2.75, 3.05) is 26.8 Å². The van der Waals surface area contributed by atoms with E-state index in [4.69, 9.17) is 4.74 Å². The van der Waals surface area contributed by atoms with E-state index in [9.17, 15) is 14.7 Å². The van der Waals surface area contributed by atoms with Crippen molar-refractivity contribution >= 4 is 12.0 Å². The van der Waals surface area contributed by atoms with Crippen molar-refractivity contribution in [2.45, 2.75) is 19.5 Å². The van der Waals surface area contributed by atoms with Crippen molar-refractivity contribution in [3.8, 4) is 0 Å². The topological polar surface area (TPSA) is 98.8 Å². The van der Waals surface area contributed by atoms with Gasteiger partial charge in [0, 0.05) is 25.4 Å². The number of carboxylic acids is 1. The first-order chi connectivity index (χ1) is 10.0. The third-order valence-electron chi connectivity index (χ3n) is 3.66. The highest BCUT2D eigenvalue weighted by Gasteiger charge is 2.40. The Balaban J connectivity index is 2.05. The molecule has 1 aromatic rings. The molecule has 2 amide bonds. The Labute approximate surface area is 122 Å². The van der Waals surface area contributed by atoms with E-state index in [0.29, 0.717) is 13.1 Å². The zero-order chi connectivity index (χ0) is 15.4. The fourth-order valence-electron chi connectivity index (χ4n) is 2.52. The van der Waals surface area contributed by atoms with E-state index in [1.807, 2.05) is 6.92 Å². The molecule has 8 nitrogen and oxygen atoms in total. The summed E-state index contributed by atoms with van der Waals surface area (Å²) in [5.74, 6) is -1.60. The number of hydrogen-bond donors (Lipinski definition) is 2.